The first-order valence-electron chi connectivity index (χ1n) is 10.0. The first-order chi connectivity index (χ1) is 13.1. The van der Waals surface area contributed by atoms with Gasteiger partial charge in [-0.1, -0.05) is 52.0 Å². The number of methoxy groups -OCH3 is 1. The summed E-state index contributed by atoms with van der Waals surface area (Å²) < 4.78 is 4.68. The largest absolute Gasteiger partial charge is 0.465 e. The molecule has 2 rings (SSSR count). The van der Waals surface area contributed by atoms with E-state index in [4.69, 9.17) is 0 Å². The van der Waals surface area contributed by atoms with Crippen LogP contribution in [0.2, 0.25) is 0 Å². The van der Waals surface area contributed by atoms with Crippen LogP contribution in [-0.4, -0.2) is 24.6 Å². The zero-order chi connectivity index (χ0) is 21.1. The number of hydrogen-bond acceptors (Lipinski definition) is 4. The fourth-order valence-corrected chi connectivity index (χ4v) is 4.30. The summed E-state index contributed by atoms with van der Waals surface area (Å²) in [6.45, 7) is 12.3. The van der Waals surface area contributed by atoms with E-state index in [1.54, 1.807) is 24.3 Å². The number of ketones is 2. The van der Waals surface area contributed by atoms with Gasteiger partial charge in [0.05, 0.1) is 12.7 Å². The number of benzene rings is 1. The number of Topliss-reactive ketones (excluding diaryl/α,β-unsaturated/α-hetero) is 2. The van der Waals surface area contributed by atoms with Crippen molar-refractivity contribution in [2.45, 2.75) is 53.4 Å². The van der Waals surface area contributed by atoms with Crippen LogP contribution in [-0.2, 0) is 9.53 Å². The van der Waals surface area contributed by atoms with E-state index < -0.39 is 5.97 Å². The zero-order valence-corrected chi connectivity index (χ0v) is 17.7. The minimum atomic E-state index is -0.429. The molecule has 4 heteroatoms. The summed E-state index contributed by atoms with van der Waals surface area (Å²) in [5, 5.41) is 0. The van der Waals surface area contributed by atoms with E-state index >= 15 is 0 Å². The van der Waals surface area contributed by atoms with Gasteiger partial charge in [-0.05, 0) is 42.7 Å². The van der Waals surface area contributed by atoms with Gasteiger partial charge in [0.1, 0.15) is 5.78 Å². The number of esters is 1. The smallest absolute Gasteiger partial charge is 0.337 e. The Bertz CT molecular complexity index is 757. The maximum Gasteiger partial charge on any atom is 0.337 e. The SMILES string of the molecule is C=C1CCCC(C)(C)C1C(=O)CC(C)C(C)C(=O)c1ccc(C(=O)OC)cc1. The molecule has 1 saturated carbocycles. The van der Waals surface area contributed by atoms with Crippen molar-refractivity contribution in [3.05, 3.63) is 47.5 Å². The molecular formula is C24H32O4. The Morgan fingerprint density at radius 2 is 1.71 bits per heavy atom. The molecule has 1 aliphatic rings. The van der Waals surface area contributed by atoms with Crippen LogP contribution in [0.25, 0.3) is 0 Å². The molecule has 4 nitrogen and oxygen atoms in total. The van der Waals surface area contributed by atoms with Crippen LogP contribution in [0, 0.1) is 23.2 Å². The quantitative estimate of drug-likeness (QED) is 0.365. The minimum absolute atomic E-state index is 0.0153. The van der Waals surface area contributed by atoms with Gasteiger partial charge >= 0.3 is 5.97 Å². The standard InChI is InChI=1S/C24H32O4/c1-15-8-7-13-24(4,5)21(15)20(25)14-16(2)17(3)22(26)18-9-11-19(12-10-18)23(27)28-6/h9-12,16-17,21H,1,7-8,13-14H2,2-6H3. The topological polar surface area (TPSA) is 60.4 Å². The summed E-state index contributed by atoms with van der Waals surface area (Å²) in [6.07, 6.45) is 3.40. The fraction of sp³-hybridized carbons (Fsp3) is 0.542. The highest BCUT2D eigenvalue weighted by Gasteiger charge is 2.40. The maximum absolute atomic E-state index is 13.0. The van der Waals surface area contributed by atoms with Gasteiger partial charge in [0.2, 0.25) is 0 Å². The van der Waals surface area contributed by atoms with Crippen LogP contribution in [0.3, 0.4) is 0 Å². The second kappa shape index (κ2) is 8.85. The summed E-state index contributed by atoms with van der Waals surface area (Å²) in [5.74, 6) is -0.716. The molecule has 0 heterocycles. The van der Waals surface area contributed by atoms with Crippen molar-refractivity contribution in [3.63, 3.8) is 0 Å². The molecule has 0 aliphatic heterocycles. The van der Waals surface area contributed by atoms with Crippen LogP contribution in [0.4, 0.5) is 0 Å². The molecular weight excluding hydrogens is 352 g/mol. The molecule has 0 radical (unpaired) electrons. The van der Waals surface area contributed by atoms with Crippen molar-refractivity contribution >= 4 is 17.5 Å². The molecule has 1 fully saturated rings. The minimum Gasteiger partial charge on any atom is -0.465 e. The molecule has 0 saturated heterocycles. The third-order valence-electron chi connectivity index (χ3n) is 6.21. The summed E-state index contributed by atoms with van der Waals surface area (Å²) in [6, 6.07) is 6.48. The second-order valence-corrected chi connectivity index (χ2v) is 8.80. The van der Waals surface area contributed by atoms with E-state index in [1.165, 1.54) is 7.11 Å². The van der Waals surface area contributed by atoms with Gasteiger partial charge in [-0.25, -0.2) is 4.79 Å². The van der Waals surface area contributed by atoms with Crippen LogP contribution in [0.5, 0.6) is 0 Å². The Balaban J connectivity index is 2.06. The molecule has 1 aromatic carbocycles. The zero-order valence-electron chi connectivity index (χ0n) is 17.7. The van der Waals surface area contributed by atoms with Crippen molar-refractivity contribution in [3.8, 4) is 0 Å². The van der Waals surface area contributed by atoms with Crippen LogP contribution in [0.15, 0.2) is 36.4 Å². The highest BCUT2D eigenvalue weighted by atomic mass is 16.5. The lowest BCUT2D eigenvalue weighted by Gasteiger charge is -2.39. The predicted molar refractivity (Wildman–Crippen MR) is 110 cm³/mol. The van der Waals surface area contributed by atoms with Crippen LogP contribution < -0.4 is 0 Å². The Kier molecular flexibility index (Phi) is 6.97. The molecule has 152 valence electrons. The number of rotatable bonds is 7. The molecule has 0 amide bonds. The van der Waals surface area contributed by atoms with Crippen molar-refractivity contribution in [2.75, 3.05) is 7.11 Å². The van der Waals surface area contributed by atoms with E-state index in [-0.39, 0.29) is 34.7 Å². The Morgan fingerprint density at radius 3 is 2.25 bits per heavy atom. The highest BCUT2D eigenvalue weighted by Crippen LogP contribution is 2.44. The lowest BCUT2D eigenvalue weighted by atomic mass is 9.64. The molecule has 0 aromatic heterocycles. The molecule has 3 unspecified atom stereocenters. The number of carbonyl (C=O) groups is 3. The van der Waals surface area contributed by atoms with Crippen molar-refractivity contribution in [1.82, 2.24) is 0 Å². The summed E-state index contributed by atoms with van der Waals surface area (Å²) >= 11 is 0. The van der Waals surface area contributed by atoms with Crippen molar-refractivity contribution < 1.29 is 19.1 Å². The lowest BCUT2D eigenvalue weighted by Crippen LogP contribution is -2.37. The maximum atomic E-state index is 13.0. The number of ether oxygens (including phenoxy) is 1. The molecule has 1 aromatic rings. The fourth-order valence-electron chi connectivity index (χ4n) is 4.30. The van der Waals surface area contributed by atoms with E-state index in [1.807, 2.05) is 13.8 Å². The third kappa shape index (κ3) is 4.78. The summed E-state index contributed by atoms with van der Waals surface area (Å²) in [7, 11) is 1.32. The number of hydrogen-bond donors (Lipinski definition) is 0. The van der Waals surface area contributed by atoms with E-state index in [9.17, 15) is 14.4 Å². The summed E-state index contributed by atoms with van der Waals surface area (Å²) in [5.41, 5.74) is 1.92. The molecule has 0 spiro atoms. The molecule has 3 atom stereocenters. The van der Waals surface area contributed by atoms with Crippen LogP contribution in [0.1, 0.15) is 74.1 Å². The summed E-state index contributed by atoms with van der Waals surface area (Å²) in [4.78, 5) is 37.4. The Hall–Kier alpha value is -2.23. The van der Waals surface area contributed by atoms with Gasteiger partial charge in [-0.3, -0.25) is 9.59 Å². The average Bonchev–Trinajstić information content (AvgIpc) is 2.65. The van der Waals surface area contributed by atoms with Crippen molar-refractivity contribution in [1.29, 1.82) is 0 Å². The highest BCUT2D eigenvalue weighted by molar-refractivity contribution is 5.99. The first-order valence-corrected chi connectivity index (χ1v) is 10.0. The molecule has 0 N–H and O–H groups in total. The van der Waals surface area contributed by atoms with Gasteiger partial charge in [-0.15, -0.1) is 0 Å². The first kappa shape index (κ1) is 22.1. The normalized spacial score (nSPS) is 20.9. The second-order valence-electron chi connectivity index (χ2n) is 8.80. The Morgan fingerprint density at radius 1 is 1.14 bits per heavy atom. The van der Waals surface area contributed by atoms with E-state index in [0.29, 0.717) is 17.5 Å². The van der Waals surface area contributed by atoms with E-state index in [0.717, 1.165) is 24.8 Å². The van der Waals surface area contributed by atoms with Gasteiger partial charge in [0.15, 0.2) is 5.78 Å². The Labute approximate surface area is 168 Å². The number of carbonyl (C=O) groups excluding carboxylic acids is 3. The molecule has 28 heavy (non-hydrogen) atoms. The van der Waals surface area contributed by atoms with Crippen molar-refractivity contribution in [2.24, 2.45) is 23.2 Å². The van der Waals surface area contributed by atoms with Crippen LogP contribution >= 0.6 is 0 Å². The van der Waals surface area contributed by atoms with Gasteiger partial charge in [-0.2, -0.15) is 0 Å². The molecule has 0 bridgehead atoms. The van der Waals surface area contributed by atoms with E-state index in [2.05, 4.69) is 25.2 Å². The average molecular weight is 385 g/mol. The molecule has 1 aliphatic carbocycles. The van der Waals surface area contributed by atoms with Gasteiger partial charge in [0, 0.05) is 23.8 Å². The van der Waals surface area contributed by atoms with Gasteiger partial charge < -0.3 is 4.74 Å². The number of allylic oxidation sites excluding steroid dienone is 1. The third-order valence-corrected chi connectivity index (χ3v) is 6.21. The van der Waals surface area contributed by atoms with Gasteiger partial charge in [0.25, 0.3) is 0 Å². The monoisotopic (exact) mass is 384 g/mol. The predicted octanol–water partition coefficient (Wildman–Crippen LogP) is 5.27. The lowest BCUT2D eigenvalue weighted by molar-refractivity contribution is -0.126.